The van der Waals surface area contributed by atoms with Crippen molar-refractivity contribution < 1.29 is 24.2 Å². The highest BCUT2D eigenvalue weighted by molar-refractivity contribution is 9.10. The maximum atomic E-state index is 12.1. The van der Waals surface area contributed by atoms with E-state index in [1.165, 1.54) is 14.2 Å². The van der Waals surface area contributed by atoms with Gasteiger partial charge in [-0.1, -0.05) is 15.9 Å². The monoisotopic (exact) mass is 345 g/mol. The number of aliphatic carboxylic acids is 1. The lowest BCUT2D eigenvalue weighted by Gasteiger charge is -2.15. The van der Waals surface area contributed by atoms with Crippen LogP contribution < -0.4 is 10.1 Å². The van der Waals surface area contributed by atoms with Gasteiger partial charge in [-0.25, -0.2) is 4.79 Å². The van der Waals surface area contributed by atoms with Gasteiger partial charge in [-0.15, -0.1) is 0 Å². The van der Waals surface area contributed by atoms with Crippen molar-refractivity contribution in [2.75, 3.05) is 20.8 Å². The third-order valence-corrected chi connectivity index (χ3v) is 3.12. The lowest BCUT2D eigenvalue weighted by atomic mass is 10.1. The number of methoxy groups -OCH3 is 2. The molecule has 0 heterocycles. The van der Waals surface area contributed by atoms with E-state index in [0.717, 1.165) is 4.47 Å². The number of carboxylic acids is 1. The van der Waals surface area contributed by atoms with Crippen molar-refractivity contribution in [2.45, 2.75) is 12.5 Å². The van der Waals surface area contributed by atoms with E-state index >= 15 is 0 Å². The van der Waals surface area contributed by atoms with Crippen LogP contribution in [0.25, 0.3) is 0 Å². The summed E-state index contributed by atoms with van der Waals surface area (Å²) >= 11 is 3.27. The molecule has 1 aromatic carbocycles. The van der Waals surface area contributed by atoms with Crippen LogP contribution in [-0.2, 0) is 9.53 Å². The van der Waals surface area contributed by atoms with Gasteiger partial charge in [0.25, 0.3) is 5.91 Å². The molecule has 1 amide bonds. The molecular weight excluding hydrogens is 330 g/mol. The van der Waals surface area contributed by atoms with Crippen LogP contribution in [0.4, 0.5) is 0 Å². The topological polar surface area (TPSA) is 84.9 Å². The number of hydrogen-bond acceptors (Lipinski definition) is 4. The van der Waals surface area contributed by atoms with E-state index in [1.54, 1.807) is 18.2 Å². The van der Waals surface area contributed by atoms with E-state index in [4.69, 9.17) is 14.6 Å². The number of amides is 1. The minimum Gasteiger partial charge on any atom is -0.496 e. The molecule has 0 aliphatic heterocycles. The van der Waals surface area contributed by atoms with Gasteiger partial charge in [0.1, 0.15) is 11.8 Å². The Morgan fingerprint density at radius 1 is 1.40 bits per heavy atom. The standard InChI is InChI=1S/C13H16BrNO5/c1-19-6-5-10(13(17)18)15-12(16)9-4-3-8(14)7-11(9)20-2/h3-4,7,10H,5-6H2,1-2H3,(H,15,16)(H,17,18). The van der Waals surface area contributed by atoms with Gasteiger partial charge in [-0.2, -0.15) is 0 Å². The van der Waals surface area contributed by atoms with Gasteiger partial charge < -0.3 is 19.9 Å². The summed E-state index contributed by atoms with van der Waals surface area (Å²) in [4.78, 5) is 23.2. The van der Waals surface area contributed by atoms with Crippen molar-refractivity contribution in [3.05, 3.63) is 28.2 Å². The van der Waals surface area contributed by atoms with Crippen LogP contribution in [0.2, 0.25) is 0 Å². The second-order valence-corrected chi connectivity index (χ2v) is 4.91. The minimum atomic E-state index is -1.11. The van der Waals surface area contributed by atoms with Crippen molar-refractivity contribution in [2.24, 2.45) is 0 Å². The summed E-state index contributed by atoms with van der Waals surface area (Å²) in [5.74, 6) is -1.24. The molecule has 0 saturated carbocycles. The maximum absolute atomic E-state index is 12.1. The van der Waals surface area contributed by atoms with E-state index in [0.29, 0.717) is 5.75 Å². The maximum Gasteiger partial charge on any atom is 0.326 e. The van der Waals surface area contributed by atoms with Crippen LogP contribution >= 0.6 is 15.9 Å². The van der Waals surface area contributed by atoms with E-state index in [2.05, 4.69) is 21.2 Å². The number of hydrogen-bond donors (Lipinski definition) is 2. The lowest BCUT2D eigenvalue weighted by molar-refractivity contribution is -0.139. The van der Waals surface area contributed by atoms with Gasteiger partial charge in [0.2, 0.25) is 0 Å². The van der Waals surface area contributed by atoms with Crippen LogP contribution in [-0.4, -0.2) is 43.9 Å². The van der Waals surface area contributed by atoms with Crippen molar-refractivity contribution in [1.82, 2.24) is 5.32 Å². The molecule has 1 aromatic rings. The Morgan fingerprint density at radius 3 is 2.65 bits per heavy atom. The molecular formula is C13H16BrNO5. The normalized spacial score (nSPS) is 11.8. The van der Waals surface area contributed by atoms with Gasteiger partial charge >= 0.3 is 5.97 Å². The Kier molecular flexibility index (Phi) is 6.47. The molecule has 1 unspecified atom stereocenters. The molecule has 0 aromatic heterocycles. The van der Waals surface area contributed by atoms with Crippen LogP contribution in [0.15, 0.2) is 22.7 Å². The summed E-state index contributed by atoms with van der Waals surface area (Å²) in [6, 6.07) is 3.88. The van der Waals surface area contributed by atoms with Crippen molar-refractivity contribution in [1.29, 1.82) is 0 Å². The number of carboxylic acid groups (broad SMARTS) is 1. The lowest BCUT2D eigenvalue weighted by Crippen LogP contribution is -2.41. The Morgan fingerprint density at radius 2 is 2.10 bits per heavy atom. The smallest absolute Gasteiger partial charge is 0.326 e. The van der Waals surface area contributed by atoms with Crippen molar-refractivity contribution >= 4 is 27.8 Å². The number of ether oxygens (including phenoxy) is 2. The average Bonchev–Trinajstić information content (AvgIpc) is 2.42. The van der Waals surface area contributed by atoms with Crippen LogP contribution in [0.5, 0.6) is 5.75 Å². The molecule has 1 atom stereocenters. The third-order valence-electron chi connectivity index (χ3n) is 2.62. The Labute approximate surface area is 125 Å². The fraction of sp³-hybridized carbons (Fsp3) is 0.385. The first-order valence-corrected chi connectivity index (χ1v) is 6.65. The molecule has 0 bridgehead atoms. The van der Waals surface area contributed by atoms with E-state index < -0.39 is 17.9 Å². The number of rotatable bonds is 7. The van der Waals surface area contributed by atoms with Crippen LogP contribution in [0.3, 0.4) is 0 Å². The Bertz CT molecular complexity index is 492. The predicted molar refractivity (Wildman–Crippen MR) is 76.1 cm³/mol. The second-order valence-electron chi connectivity index (χ2n) is 3.99. The van der Waals surface area contributed by atoms with Gasteiger partial charge in [-0.3, -0.25) is 4.79 Å². The first kappa shape index (κ1) is 16.5. The number of halogens is 1. The quantitative estimate of drug-likeness (QED) is 0.785. The molecule has 2 N–H and O–H groups in total. The molecule has 1 rings (SSSR count). The van der Waals surface area contributed by atoms with Gasteiger partial charge in [0.05, 0.1) is 12.7 Å². The molecule has 0 saturated heterocycles. The molecule has 0 radical (unpaired) electrons. The number of carbonyl (C=O) groups excluding carboxylic acids is 1. The number of nitrogens with one attached hydrogen (secondary N) is 1. The molecule has 0 spiro atoms. The first-order chi connectivity index (χ1) is 9.49. The molecule has 6 nitrogen and oxygen atoms in total. The molecule has 0 aliphatic carbocycles. The zero-order valence-corrected chi connectivity index (χ0v) is 12.8. The number of benzene rings is 1. The SMILES string of the molecule is COCCC(NC(=O)c1ccc(Br)cc1OC)C(=O)O. The predicted octanol–water partition coefficient (Wildman–Crippen LogP) is 1.68. The summed E-state index contributed by atoms with van der Waals surface area (Å²) in [5.41, 5.74) is 0.277. The van der Waals surface area contributed by atoms with Crippen LogP contribution in [0, 0.1) is 0 Å². The highest BCUT2D eigenvalue weighted by Crippen LogP contribution is 2.23. The average molecular weight is 346 g/mol. The van der Waals surface area contributed by atoms with Crippen molar-refractivity contribution in [3.63, 3.8) is 0 Å². The van der Waals surface area contributed by atoms with Gasteiger partial charge in [0, 0.05) is 24.6 Å². The zero-order chi connectivity index (χ0) is 15.1. The largest absolute Gasteiger partial charge is 0.496 e. The first-order valence-electron chi connectivity index (χ1n) is 5.85. The van der Waals surface area contributed by atoms with Gasteiger partial charge in [-0.05, 0) is 18.2 Å². The van der Waals surface area contributed by atoms with Crippen LogP contribution in [0.1, 0.15) is 16.8 Å². The Hall–Kier alpha value is -1.60. The van der Waals surface area contributed by atoms with E-state index in [-0.39, 0.29) is 18.6 Å². The second kappa shape index (κ2) is 7.86. The highest BCUT2D eigenvalue weighted by Gasteiger charge is 2.22. The van der Waals surface area contributed by atoms with Gasteiger partial charge in [0.15, 0.2) is 0 Å². The summed E-state index contributed by atoms with van der Waals surface area (Å²) in [7, 11) is 2.91. The summed E-state index contributed by atoms with van der Waals surface area (Å²) < 4.78 is 10.7. The Balaban J connectivity index is 2.86. The molecule has 7 heteroatoms. The summed E-state index contributed by atoms with van der Waals surface area (Å²) in [6.45, 7) is 0.245. The molecule has 110 valence electrons. The molecule has 0 aliphatic rings. The van der Waals surface area contributed by atoms with E-state index in [1.807, 2.05) is 0 Å². The third kappa shape index (κ3) is 4.50. The summed E-state index contributed by atoms with van der Waals surface area (Å²) in [5, 5.41) is 11.5. The fourth-order valence-corrected chi connectivity index (χ4v) is 1.92. The highest BCUT2D eigenvalue weighted by atomic mass is 79.9. The van der Waals surface area contributed by atoms with E-state index in [9.17, 15) is 9.59 Å². The zero-order valence-electron chi connectivity index (χ0n) is 11.2. The van der Waals surface area contributed by atoms with Crippen molar-refractivity contribution in [3.8, 4) is 5.75 Å². The molecule has 0 fully saturated rings. The fourth-order valence-electron chi connectivity index (χ4n) is 1.58. The summed E-state index contributed by atoms with van der Waals surface area (Å²) in [6.07, 6.45) is 0.191. The minimum absolute atomic E-state index is 0.191. The molecule has 20 heavy (non-hydrogen) atoms. The number of carbonyl (C=O) groups is 2.